The fraction of sp³-hybridized carbons (Fsp3) is 0.769. The number of ether oxygens (including phenoxy) is 3. The lowest BCUT2D eigenvalue weighted by Gasteiger charge is -2.06. The Bertz CT molecular complexity index is 254. The fourth-order valence-corrected chi connectivity index (χ4v) is 1.15. The van der Waals surface area contributed by atoms with Gasteiger partial charge in [-0.1, -0.05) is 0 Å². The Morgan fingerprint density at radius 2 is 1.53 bits per heavy atom. The van der Waals surface area contributed by atoms with Gasteiger partial charge in [0.15, 0.2) is 0 Å². The molecule has 3 N–H and O–H groups in total. The molecule has 110 valence electrons. The van der Waals surface area contributed by atoms with Gasteiger partial charge in [-0.15, -0.1) is 6.42 Å². The van der Waals surface area contributed by atoms with Crippen LogP contribution in [0.3, 0.4) is 0 Å². The van der Waals surface area contributed by atoms with Gasteiger partial charge in [0.2, 0.25) is 0 Å². The van der Waals surface area contributed by atoms with Crippen LogP contribution in [-0.2, 0) is 19.0 Å². The molecule has 0 aromatic carbocycles. The summed E-state index contributed by atoms with van der Waals surface area (Å²) in [6.07, 6.45) is 6.50. The molecule has 6 heteroatoms. The number of carbonyl (C=O) groups is 1. The molecule has 1 amide bonds. The second-order valence-electron chi connectivity index (χ2n) is 3.73. The minimum Gasteiger partial charge on any atom is -0.379 e. The third kappa shape index (κ3) is 14.8. The lowest BCUT2D eigenvalue weighted by molar-refractivity contribution is -0.115. The maximum absolute atomic E-state index is 10.7. The summed E-state index contributed by atoms with van der Waals surface area (Å²) >= 11 is 0. The topological polar surface area (TPSA) is 82.8 Å². The van der Waals surface area contributed by atoms with Gasteiger partial charge < -0.3 is 25.3 Å². The average molecular weight is 272 g/mol. The van der Waals surface area contributed by atoms with Crippen molar-refractivity contribution in [1.82, 2.24) is 5.32 Å². The molecular weight excluding hydrogens is 248 g/mol. The van der Waals surface area contributed by atoms with Crippen LogP contribution in [0.1, 0.15) is 12.8 Å². The predicted octanol–water partition coefficient (Wildman–Crippen LogP) is -0.475. The Balaban J connectivity index is 2.99. The Morgan fingerprint density at radius 3 is 2.05 bits per heavy atom. The van der Waals surface area contributed by atoms with Crippen LogP contribution in [0.5, 0.6) is 0 Å². The lowest BCUT2D eigenvalue weighted by atomic mass is 10.4. The lowest BCUT2D eigenvalue weighted by Crippen LogP contribution is -2.23. The highest BCUT2D eigenvalue weighted by molar-refractivity contribution is 5.92. The number of nitrogens with one attached hydrogen (secondary N) is 1. The van der Waals surface area contributed by atoms with Crippen molar-refractivity contribution in [2.75, 3.05) is 52.7 Å². The van der Waals surface area contributed by atoms with E-state index in [1.807, 2.05) is 5.92 Å². The van der Waals surface area contributed by atoms with Crippen molar-refractivity contribution in [1.29, 1.82) is 0 Å². The van der Waals surface area contributed by atoms with Crippen molar-refractivity contribution >= 4 is 5.91 Å². The van der Waals surface area contributed by atoms with Crippen molar-refractivity contribution < 1.29 is 19.0 Å². The van der Waals surface area contributed by atoms with Crippen molar-refractivity contribution in [3.8, 4) is 12.3 Å². The van der Waals surface area contributed by atoms with Crippen LogP contribution in [0.4, 0.5) is 0 Å². The Hall–Kier alpha value is -1.13. The highest BCUT2D eigenvalue weighted by Gasteiger charge is 1.94. The smallest absolute Gasteiger partial charge is 0.295 e. The molecule has 0 aromatic heterocycles. The molecule has 0 fully saturated rings. The summed E-state index contributed by atoms with van der Waals surface area (Å²) in [4.78, 5) is 10.7. The van der Waals surface area contributed by atoms with E-state index in [1.54, 1.807) is 0 Å². The molecule has 0 aliphatic carbocycles. The normalized spacial score (nSPS) is 10.1. The van der Waals surface area contributed by atoms with E-state index in [0.717, 1.165) is 12.8 Å². The molecule has 19 heavy (non-hydrogen) atoms. The van der Waals surface area contributed by atoms with Crippen LogP contribution >= 0.6 is 0 Å². The number of carbonyl (C=O) groups excluding carboxylic acids is 1. The molecule has 0 saturated heterocycles. The molecule has 0 radical (unpaired) electrons. The second kappa shape index (κ2) is 14.9. The van der Waals surface area contributed by atoms with Gasteiger partial charge in [0.05, 0.1) is 26.4 Å². The molecule has 0 aliphatic heterocycles. The SMILES string of the molecule is C#CC(=O)NCCCOCCOCCOCCCN. The van der Waals surface area contributed by atoms with Crippen molar-refractivity contribution in [3.63, 3.8) is 0 Å². The number of nitrogens with two attached hydrogens (primary N) is 1. The van der Waals surface area contributed by atoms with E-state index in [2.05, 4.69) is 5.32 Å². The van der Waals surface area contributed by atoms with Gasteiger partial charge in [-0.3, -0.25) is 4.79 Å². The van der Waals surface area contributed by atoms with Crippen LogP contribution in [-0.4, -0.2) is 58.6 Å². The van der Waals surface area contributed by atoms with Gasteiger partial charge in [-0.05, 0) is 25.3 Å². The number of terminal acetylenes is 1. The van der Waals surface area contributed by atoms with Gasteiger partial charge in [-0.25, -0.2) is 0 Å². The molecule has 0 spiro atoms. The van der Waals surface area contributed by atoms with E-state index in [4.69, 9.17) is 26.4 Å². The molecule has 0 rings (SSSR count). The Kier molecular flexibility index (Phi) is 14.0. The summed E-state index contributed by atoms with van der Waals surface area (Å²) in [6, 6.07) is 0. The van der Waals surface area contributed by atoms with Gasteiger partial charge >= 0.3 is 0 Å². The highest BCUT2D eigenvalue weighted by Crippen LogP contribution is 1.85. The number of hydrogen-bond donors (Lipinski definition) is 2. The zero-order valence-corrected chi connectivity index (χ0v) is 11.4. The summed E-state index contributed by atoms with van der Waals surface area (Å²) < 4.78 is 15.9. The Labute approximate surface area is 115 Å². The van der Waals surface area contributed by atoms with E-state index in [1.165, 1.54) is 0 Å². The molecule has 0 saturated carbocycles. The molecule has 0 unspecified atom stereocenters. The van der Waals surface area contributed by atoms with Gasteiger partial charge in [0.25, 0.3) is 5.91 Å². The monoisotopic (exact) mass is 272 g/mol. The first-order chi connectivity index (χ1) is 9.31. The minimum atomic E-state index is -0.391. The molecular formula is C13H24N2O4. The quantitative estimate of drug-likeness (QED) is 0.350. The van der Waals surface area contributed by atoms with Crippen LogP contribution in [0.25, 0.3) is 0 Å². The van der Waals surface area contributed by atoms with Crippen LogP contribution in [0.15, 0.2) is 0 Å². The van der Waals surface area contributed by atoms with Crippen molar-refractivity contribution in [2.24, 2.45) is 5.73 Å². The van der Waals surface area contributed by atoms with Crippen LogP contribution < -0.4 is 11.1 Å². The standard InChI is InChI=1S/C13H24N2O4/c1-2-13(16)15-6-4-8-18-10-12-19-11-9-17-7-3-5-14/h1H,3-12,14H2,(H,15,16). The molecule has 0 aromatic rings. The van der Waals surface area contributed by atoms with Gasteiger partial charge in [0, 0.05) is 19.8 Å². The first-order valence-corrected chi connectivity index (χ1v) is 6.49. The molecule has 0 heterocycles. The van der Waals surface area contributed by atoms with Crippen molar-refractivity contribution in [3.05, 3.63) is 0 Å². The van der Waals surface area contributed by atoms with E-state index in [0.29, 0.717) is 52.7 Å². The third-order valence-corrected chi connectivity index (χ3v) is 2.12. The van der Waals surface area contributed by atoms with Crippen LogP contribution in [0.2, 0.25) is 0 Å². The summed E-state index contributed by atoms with van der Waals surface area (Å²) in [6.45, 7) is 4.64. The summed E-state index contributed by atoms with van der Waals surface area (Å²) in [7, 11) is 0. The molecule has 0 bridgehead atoms. The zero-order chi connectivity index (χ0) is 14.2. The van der Waals surface area contributed by atoms with Crippen molar-refractivity contribution in [2.45, 2.75) is 12.8 Å². The van der Waals surface area contributed by atoms with E-state index in [-0.39, 0.29) is 0 Å². The molecule has 6 nitrogen and oxygen atoms in total. The minimum absolute atomic E-state index is 0.391. The molecule has 0 aliphatic rings. The first kappa shape index (κ1) is 17.9. The largest absolute Gasteiger partial charge is 0.379 e. The predicted molar refractivity (Wildman–Crippen MR) is 72.6 cm³/mol. The van der Waals surface area contributed by atoms with Crippen LogP contribution in [0, 0.1) is 12.3 Å². The third-order valence-electron chi connectivity index (χ3n) is 2.12. The van der Waals surface area contributed by atoms with E-state index in [9.17, 15) is 4.79 Å². The summed E-state index contributed by atoms with van der Waals surface area (Å²) in [5.41, 5.74) is 5.32. The maximum atomic E-state index is 10.7. The van der Waals surface area contributed by atoms with E-state index < -0.39 is 5.91 Å². The first-order valence-electron chi connectivity index (χ1n) is 6.49. The summed E-state index contributed by atoms with van der Waals surface area (Å²) in [5, 5.41) is 2.56. The van der Waals surface area contributed by atoms with Gasteiger partial charge in [0.1, 0.15) is 0 Å². The number of amides is 1. The van der Waals surface area contributed by atoms with Gasteiger partial charge in [-0.2, -0.15) is 0 Å². The number of hydrogen-bond acceptors (Lipinski definition) is 5. The second-order valence-corrected chi connectivity index (χ2v) is 3.73. The Morgan fingerprint density at radius 1 is 1.00 bits per heavy atom. The average Bonchev–Trinajstić information content (AvgIpc) is 2.43. The molecule has 0 atom stereocenters. The zero-order valence-electron chi connectivity index (χ0n) is 11.4. The van der Waals surface area contributed by atoms with E-state index >= 15 is 0 Å². The maximum Gasteiger partial charge on any atom is 0.295 e. The number of rotatable bonds is 13. The highest BCUT2D eigenvalue weighted by atomic mass is 16.5. The summed E-state index contributed by atoms with van der Waals surface area (Å²) in [5.74, 6) is 1.59. The fourth-order valence-electron chi connectivity index (χ4n) is 1.15.